The second kappa shape index (κ2) is 6.58. The highest BCUT2D eigenvalue weighted by atomic mass is 35.5. The predicted molar refractivity (Wildman–Crippen MR) is 81.9 cm³/mol. The number of alkyl halides is 1. The fourth-order valence-electron chi connectivity index (χ4n) is 2.19. The molecule has 0 aliphatic carbocycles. The van der Waals surface area contributed by atoms with Crippen molar-refractivity contribution in [3.05, 3.63) is 60.2 Å². The molecule has 2 aromatic rings. The van der Waals surface area contributed by atoms with Gasteiger partial charge in [-0.2, -0.15) is 0 Å². The van der Waals surface area contributed by atoms with Crippen LogP contribution in [0.3, 0.4) is 0 Å². The highest BCUT2D eigenvalue weighted by molar-refractivity contribution is 6.21. The lowest BCUT2D eigenvalue weighted by molar-refractivity contribution is -0.141. The monoisotopic (exact) mass is 288 g/mol. The molecule has 0 amide bonds. The van der Waals surface area contributed by atoms with E-state index in [9.17, 15) is 4.79 Å². The number of carbonyl (C=O) groups is 1. The number of carboxylic acid groups (broad SMARTS) is 1. The lowest BCUT2D eigenvalue weighted by Gasteiger charge is -2.17. The zero-order chi connectivity index (χ0) is 14.5. The van der Waals surface area contributed by atoms with Crippen molar-refractivity contribution in [1.82, 2.24) is 0 Å². The number of halogens is 1. The van der Waals surface area contributed by atoms with E-state index in [0.717, 1.165) is 16.7 Å². The van der Waals surface area contributed by atoms with Gasteiger partial charge in [0.05, 0.1) is 11.3 Å². The minimum atomic E-state index is -0.812. The van der Waals surface area contributed by atoms with Gasteiger partial charge in [0.25, 0.3) is 0 Å². The standard InChI is InChI=1S/C17H17ClO2/c1-12(17(19)20)11-16(18)15-10-6-5-9-14(15)13-7-3-2-4-8-13/h2-10,12,16H,11H2,1H3,(H,19,20). The summed E-state index contributed by atoms with van der Waals surface area (Å²) in [6.45, 7) is 1.68. The van der Waals surface area contributed by atoms with Crippen LogP contribution in [-0.4, -0.2) is 11.1 Å². The largest absolute Gasteiger partial charge is 0.481 e. The number of hydrogen-bond acceptors (Lipinski definition) is 1. The van der Waals surface area contributed by atoms with E-state index < -0.39 is 11.9 Å². The van der Waals surface area contributed by atoms with Crippen LogP contribution in [0, 0.1) is 5.92 Å². The van der Waals surface area contributed by atoms with Gasteiger partial charge in [0.2, 0.25) is 0 Å². The highest BCUT2D eigenvalue weighted by Gasteiger charge is 2.20. The number of rotatable bonds is 5. The van der Waals surface area contributed by atoms with Crippen LogP contribution in [0.15, 0.2) is 54.6 Å². The molecular weight excluding hydrogens is 272 g/mol. The third-order valence-corrected chi connectivity index (χ3v) is 3.78. The first kappa shape index (κ1) is 14.6. The molecule has 0 saturated heterocycles. The Bertz CT molecular complexity index is 581. The van der Waals surface area contributed by atoms with Crippen LogP contribution in [0.4, 0.5) is 0 Å². The van der Waals surface area contributed by atoms with Gasteiger partial charge < -0.3 is 5.11 Å². The molecule has 0 saturated carbocycles. The third-order valence-electron chi connectivity index (χ3n) is 3.37. The lowest BCUT2D eigenvalue weighted by atomic mass is 9.93. The lowest BCUT2D eigenvalue weighted by Crippen LogP contribution is -2.12. The smallest absolute Gasteiger partial charge is 0.306 e. The Morgan fingerprint density at radius 2 is 1.70 bits per heavy atom. The van der Waals surface area contributed by atoms with Crippen LogP contribution in [0.25, 0.3) is 11.1 Å². The van der Waals surface area contributed by atoms with Gasteiger partial charge in [0.1, 0.15) is 0 Å². The minimum absolute atomic E-state index is 0.308. The maximum atomic E-state index is 11.0. The zero-order valence-electron chi connectivity index (χ0n) is 11.3. The molecule has 104 valence electrons. The van der Waals surface area contributed by atoms with E-state index in [-0.39, 0.29) is 5.38 Å². The van der Waals surface area contributed by atoms with E-state index in [2.05, 4.69) is 0 Å². The van der Waals surface area contributed by atoms with Gasteiger partial charge in [-0.15, -0.1) is 11.6 Å². The maximum Gasteiger partial charge on any atom is 0.306 e. The van der Waals surface area contributed by atoms with Crippen molar-refractivity contribution in [1.29, 1.82) is 0 Å². The van der Waals surface area contributed by atoms with E-state index in [1.54, 1.807) is 6.92 Å². The molecule has 0 aliphatic rings. The summed E-state index contributed by atoms with van der Waals surface area (Å²) in [5.41, 5.74) is 3.14. The number of benzene rings is 2. The molecule has 0 heterocycles. The normalized spacial score (nSPS) is 13.7. The van der Waals surface area contributed by atoms with Crippen LogP contribution in [0.2, 0.25) is 0 Å². The Balaban J connectivity index is 2.31. The minimum Gasteiger partial charge on any atom is -0.481 e. The van der Waals surface area contributed by atoms with Gasteiger partial charge in [0.15, 0.2) is 0 Å². The Morgan fingerprint density at radius 3 is 2.35 bits per heavy atom. The number of carboxylic acids is 1. The molecular formula is C17H17ClO2. The summed E-state index contributed by atoms with van der Waals surface area (Å²) in [6.07, 6.45) is 0.417. The van der Waals surface area contributed by atoms with Crippen molar-refractivity contribution in [2.75, 3.05) is 0 Å². The molecule has 0 fully saturated rings. The van der Waals surface area contributed by atoms with Crippen LogP contribution in [0.5, 0.6) is 0 Å². The fraction of sp³-hybridized carbons (Fsp3) is 0.235. The summed E-state index contributed by atoms with van der Waals surface area (Å²) in [6, 6.07) is 17.9. The molecule has 0 bridgehead atoms. The van der Waals surface area contributed by atoms with Gasteiger partial charge in [-0.05, 0) is 23.1 Å². The molecule has 20 heavy (non-hydrogen) atoms. The average molecular weight is 289 g/mol. The first-order valence-electron chi connectivity index (χ1n) is 6.61. The average Bonchev–Trinajstić information content (AvgIpc) is 2.48. The van der Waals surface area contributed by atoms with E-state index in [4.69, 9.17) is 16.7 Å². The van der Waals surface area contributed by atoms with Crippen molar-refractivity contribution in [3.8, 4) is 11.1 Å². The van der Waals surface area contributed by atoms with Crippen molar-refractivity contribution in [2.45, 2.75) is 18.7 Å². The molecule has 2 atom stereocenters. The van der Waals surface area contributed by atoms with Gasteiger partial charge in [-0.25, -0.2) is 0 Å². The fourth-order valence-corrected chi connectivity index (χ4v) is 2.65. The Labute approximate surface area is 124 Å². The molecule has 0 aromatic heterocycles. The highest BCUT2D eigenvalue weighted by Crippen LogP contribution is 2.35. The van der Waals surface area contributed by atoms with Crippen LogP contribution >= 0.6 is 11.6 Å². The summed E-state index contributed by atoms with van der Waals surface area (Å²) >= 11 is 6.44. The van der Waals surface area contributed by atoms with E-state index in [1.165, 1.54) is 0 Å². The molecule has 2 aromatic carbocycles. The quantitative estimate of drug-likeness (QED) is 0.807. The number of hydrogen-bond donors (Lipinski definition) is 1. The van der Waals surface area contributed by atoms with Gasteiger partial charge in [-0.1, -0.05) is 61.5 Å². The van der Waals surface area contributed by atoms with E-state index in [0.29, 0.717) is 6.42 Å². The summed E-state index contributed by atoms with van der Waals surface area (Å²) in [7, 11) is 0. The summed E-state index contributed by atoms with van der Waals surface area (Å²) in [4.78, 5) is 11.0. The van der Waals surface area contributed by atoms with Gasteiger partial charge in [0, 0.05) is 0 Å². The predicted octanol–water partition coefficient (Wildman–Crippen LogP) is 4.74. The van der Waals surface area contributed by atoms with E-state index >= 15 is 0 Å². The molecule has 1 N–H and O–H groups in total. The van der Waals surface area contributed by atoms with Gasteiger partial charge in [-0.3, -0.25) is 4.79 Å². The second-order valence-corrected chi connectivity index (χ2v) is 5.42. The maximum absolute atomic E-state index is 11.0. The van der Waals surface area contributed by atoms with Gasteiger partial charge >= 0.3 is 5.97 Å². The van der Waals surface area contributed by atoms with E-state index in [1.807, 2.05) is 54.6 Å². The molecule has 2 nitrogen and oxygen atoms in total. The van der Waals surface area contributed by atoms with Crippen LogP contribution < -0.4 is 0 Å². The Hall–Kier alpha value is -1.80. The SMILES string of the molecule is CC(CC(Cl)c1ccccc1-c1ccccc1)C(=O)O. The first-order valence-corrected chi connectivity index (χ1v) is 7.04. The zero-order valence-corrected chi connectivity index (χ0v) is 12.0. The third kappa shape index (κ3) is 3.40. The molecule has 3 heteroatoms. The molecule has 0 radical (unpaired) electrons. The molecule has 0 spiro atoms. The second-order valence-electron chi connectivity index (χ2n) is 4.90. The van der Waals surface area contributed by atoms with Crippen molar-refractivity contribution in [3.63, 3.8) is 0 Å². The van der Waals surface area contributed by atoms with Crippen molar-refractivity contribution in [2.24, 2.45) is 5.92 Å². The Kier molecular flexibility index (Phi) is 4.80. The summed E-state index contributed by atoms with van der Waals surface area (Å²) in [5.74, 6) is -1.27. The summed E-state index contributed by atoms with van der Waals surface area (Å²) < 4.78 is 0. The van der Waals surface area contributed by atoms with Crippen molar-refractivity contribution >= 4 is 17.6 Å². The van der Waals surface area contributed by atoms with Crippen molar-refractivity contribution < 1.29 is 9.90 Å². The molecule has 2 rings (SSSR count). The van der Waals surface area contributed by atoms with Crippen LogP contribution in [-0.2, 0) is 4.79 Å². The number of aliphatic carboxylic acids is 1. The summed E-state index contributed by atoms with van der Waals surface area (Å²) in [5, 5.41) is 8.70. The Morgan fingerprint density at radius 1 is 1.10 bits per heavy atom. The topological polar surface area (TPSA) is 37.3 Å². The molecule has 0 aliphatic heterocycles. The molecule has 2 unspecified atom stereocenters. The van der Waals surface area contributed by atoms with Crippen LogP contribution in [0.1, 0.15) is 24.3 Å². The first-order chi connectivity index (χ1) is 9.59.